The van der Waals surface area contributed by atoms with Crippen LogP contribution in [0.4, 0.5) is 0 Å². The number of amides is 1. The highest BCUT2D eigenvalue weighted by atomic mass is 35.5. The molecule has 1 N–H and O–H groups in total. The van der Waals surface area contributed by atoms with Crippen LogP contribution < -0.4 is 5.32 Å². The second-order valence-corrected chi connectivity index (χ2v) is 2.02. The zero-order valence-electron chi connectivity index (χ0n) is 5.34. The van der Waals surface area contributed by atoms with Crippen molar-refractivity contribution < 1.29 is 4.79 Å². The van der Waals surface area contributed by atoms with Gasteiger partial charge in [0.15, 0.2) is 5.69 Å². The van der Waals surface area contributed by atoms with E-state index >= 15 is 0 Å². The van der Waals surface area contributed by atoms with Crippen molar-refractivity contribution in [1.82, 2.24) is 14.6 Å². The Morgan fingerprint density at radius 1 is 1.90 bits per heavy atom. The zero-order valence-corrected chi connectivity index (χ0v) is 6.09. The lowest BCUT2D eigenvalue weighted by Crippen LogP contribution is -2.18. The molecule has 1 aromatic rings. The number of nitrogens with one attached hydrogen (secondary N) is 1. The Balaban J connectivity index is 2.85. The molecule has 0 aromatic carbocycles. The Labute approximate surface area is 62.9 Å². The molecule has 1 aromatic heterocycles. The summed E-state index contributed by atoms with van der Waals surface area (Å²) in [4.78, 5) is 10.8. The number of halogens is 1. The van der Waals surface area contributed by atoms with Gasteiger partial charge in [0, 0.05) is 25.0 Å². The van der Waals surface area contributed by atoms with Gasteiger partial charge in [-0.2, -0.15) is 9.30 Å². The third-order valence-corrected chi connectivity index (χ3v) is 1.21. The molecule has 0 radical (unpaired) electrons. The minimum Gasteiger partial charge on any atom is -0.354 e. The van der Waals surface area contributed by atoms with E-state index in [-0.39, 0.29) is 5.91 Å². The number of nitrogens with zero attached hydrogens (tertiary/aromatic N) is 2. The van der Waals surface area contributed by atoms with Crippen LogP contribution in [0.25, 0.3) is 0 Å². The van der Waals surface area contributed by atoms with E-state index in [9.17, 15) is 4.79 Å². The van der Waals surface area contributed by atoms with E-state index in [1.54, 1.807) is 0 Å². The standard InChI is InChI=1S/C5H6ClN3O/c1-7-5(10)4-2-3-9(6)8-4/h2-3H,1H3,(H,7,10). The molecule has 0 bridgehead atoms. The highest BCUT2D eigenvalue weighted by molar-refractivity contribution is 6.14. The summed E-state index contributed by atoms with van der Waals surface area (Å²) >= 11 is 5.39. The molecular formula is C5H6ClN3O. The maximum Gasteiger partial charge on any atom is 0.271 e. The molecule has 54 valence electrons. The summed E-state index contributed by atoms with van der Waals surface area (Å²) in [7, 11) is 1.54. The van der Waals surface area contributed by atoms with Gasteiger partial charge in [0.05, 0.1) is 0 Å². The van der Waals surface area contributed by atoms with Crippen LogP contribution in [-0.4, -0.2) is 22.3 Å². The summed E-state index contributed by atoms with van der Waals surface area (Å²) in [6, 6.07) is 1.53. The van der Waals surface area contributed by atoms with E-state index < -0.39 is 0 Å². The molecular weight excluding hydrogens is 154 g/mol. The van der Waals surface area contributed by atoms with Gasteiger partial charge >= 0.3 is 0 Å². The van der Waals surface area contributed by atoms with Crippen LogP contribution in [0.1, 0.15) is 10.5 Å². The van der Waals surface area contributed by atoms with Crippen molar-refractivity contribution >= 4 is 17.7 Å². The maximum atomic E-state index is 10.8. The normalized spacial score (nSPS) is 9.40. The maximum absolute atomic E-state index is 10.8. The molecule has 0 spiro atoms. The molecule has 5 heteroatoms. The van der Waals surface area contributed by atoms with Gasteiger partial charge in [0.1, 0.15) is 0 Å². The molecule has 0 saturated heterocycles. The summed E-state index contributed by atoms with van der Waals surface area (Å²) < 4.78 is 1.06. The van der Waals surface area contributed by atoms with Crippen LogP contribution in [0.2, 0.25) is 0 Å². The number of carbonyl (C=O) groups excluding carboxylic acids is 1. The SMILES string of the molecule is CNC(=O)c1ccn(Cl)n1. The summed E-state index contributed by atoms with van der Waals surface area (Å²) in [5.74, 6) is -0.237. The second-order valence-electron chi connectivity index (χ2n) is 1.67. The zero-order chi connectivity index (χ0) is 7.56. The molecule has 0 aliphatic rings. The first-order valence-electron chi connectivity index (χ1n) is 2.68. The van der Waals surface area contributed by atoms with Gasteiger partial charge in [-0.3, -0.25) is 4.79 Å². The first kappa shape index (κ1) is 7.08. The third kappa shape index (κ3) is 1.27. The highest BCUT2D eigenvalue weighted by Crippen LogP contribution is 1.95. The molecule has 0 unspecified atom stereocenters. The van der Waals surface area contributed by atoms with Crippen molar-refractivity contribution in [3.05, 3.63) is 18.0 Å². The number of aromatic nitrogens is 2. The molecule has 1 rings (SSSR count). The van der Waals surface area contributed by atoms with E-state index in [0.29, 0.717) is 5.69 Å². The fourth-order valence-corrected chi connectivity index (χ4v) is 0.689. The Hall–Kier alpha value is -1.03. The summed E-state index contributed by atoms with van der Waals surface area (Å²) in [6.07, 6.45) is 1.49. The lowest BCUT2D eigenvalue weighted by atomic mass is 10.4. The van der Waals surface area contributed by atoms with Gasteiger partial charge in [0.25, 0.3) is 5.91 Å². The Morgan fingerprint density at radius 2 is 2.60 bits per heavy atom. The van der Waals surface area contributed by atoms with Crippen LogP contribution >= 0.6 is 11.8 Å². The van der Waals surface area contributed by atoms with Crippen LogP contribution in [0.5, 0.6) is 0 Å². The average Bonchev–Trinajstić information content (AvgIpc) is 2.34. The first-order chi connectivity index (χ1) is 4.74. The minimum absolute atomic E-state index is 0.237. The lowest BCUT2D eigenvalue weighted by Gasteiger charge is -1.90. The van der Waals surface area contributed by atoms with E-state index in [1.165, 1.54) is 19.3 Å². The minimum atomic E-state index is -0.237. The predicted molar refractivity (Wildman–Crippen MR) is 36.9 cm³/mol. The van der Waals surface area contributed by atoms with Gasteiger partial charge in [-0.25, -0.2) is 0 Å². The number of rotatable bonds is 1. The second kappa shape index (κ2) is 2.70. The van der Waals surface area contributed by atoms with E-state index in [2.05, 4.69) is 10.4 Å². The quantitative estimate of drug-likeness (QED) is 0.639. The van der Waals surface area contributed by atoms with Gasteiger partial charge < -0.3 is 5.32 Å². The summed E-state index contributed by atoms with van der Waals surface area (Å²) in [6.45, 7) is 0. The molecule has 0 fully saturated rings. The van der Waals surface area contributed by atoms with Gasteiger partial charge in [-0.15, -0.1) is 0 Å². The molecule has 0 atom stereocenters. The molecule has 4 nitrogen and oxygen atoms in total. The van der Waals surface area contributed by atoms with Crippen LogP contribution in [0, 0.1) is 0 Å². The van der Waals surface area contributed by atoms with Crippen molar-refractivity contribution in [2.75, 3.05) is 7.05 Å². The Bertz CT molecular complexity index is 245. The smallest absolute Gasteiger partial charge is 0.271 e. The lowest BCUT2D eigenvalue weighted by molar-refractivity contribution is 0.0958. The molecule has 0 saturated carbocycles. The van der Waals surface area contributed by atoms with E-state index in [4.69, 9.17) is 11.8 Å². The van der Waals surface area contributed by atoms with Crippen LogP contribution in [-0.2, 0) is 0 Å². The van der Waals surface area contributed by atoms with Crippen molar-refractivity contribution in [1.29, 1.82) is 0 Å². The summed E-state index contributed by atoms with van der Waals surface area (Å²) in [5, 5.41) is 6.07. The average molecular weight is 160 g/mol. The van der Waals surface area contributed by atoms with Crippen LogP contribution in [0.15, 0.2) is 12.3 Å². The van der Waals surface area contributed by atoms with E-state index in [1.807, 2.05) is 0 Å². The van der Waals surface area contributed by atoms with Crippen LogP contribution in [0.3, 0.4) is 0 Å². The largest absolute Gasteiger partial charge is 0.354 e. The van der Waals surface area contributed by atoms with Crippen molar-refractivity contribution in [2.45, 2.75) is 0 Å². The molecule has 1 amide bonds. The first-order valence-corrected chi connectivity index (χ1v) is 3.02. The van der Waals surface area contributed by atoms with Gasteiger partial charge in [-0.05, 0) is 6.07 Å². The van der Waals surface area contributed by atoms with Crippen molar-refractivity contribution in [3.63, 3.8) is 0 Å². The summed E-state index contributed by atoms with van der Waals surface area (Å²) in [5.41, 5.74) is 0.317. The van der Waals surface area contributed by atoms with Gasteiger partial charge in [0.2, 0.25) is 0 Å². The van der Waals surface area contributed by atoms with Gasteiger partial charge in [-0.1, -0.05) is 0 Å². The van der Waals surface area contributed by atoms with E-state index in [0.717, 1.165) is 4.20 Å². The Kier molecular flexibility index (Phi) is 1.91. The molecule has 0 aliphatic heterocycles. The highest BCUT2D eigenvalue weighted by Gasteiger charge is 2.04. The number of hydrogen-bond donors (Lipinski definition) is 1. The Morgan fingerprint density at radius 3 is 3.00 bits per heavy atom. The molecule has 10 heavy (non-hydrogen) atoms. The van der Waals surface area contributed by atoms with Crippen molar-refractivity contribution in [2.24, 2.45) is 0 Å². The monoisotopic (exact) mass is 159 g/mol. The molecule has 1 heterocycles. The fraction of sp³-hybridized carbons (Fsp3) is 0.200. The predicted octanol–water partition coefficient (Wildman–Crippen LogP) is 0.245. The number of hydrogen-bond acceptors (Lipinski definition) is 2. The third-order valence-electron chi connectivity index (χ3n) is 1.02. The topological polar surface area (TPSA) is 46.9 Å². The molecule has 0 aliphatic carbocycles. The number of carbonyl (C=O) groups is 1. The fourth-order valence-electron chi connectivity index (χ4n) is 0.551. The van der Waals surface area contributed by atoms with Crippen molar-refractivity contribution in [3.8, 4) is 0 Å².